The van der Waals surface area contributed by atoms with Crippen LogP contribution in [0.25, 0.3) is 0 Å². The van der Waals surface area contributed by atoms with E-state index in [0.717, 1.165) is 5.56 Å². The molecule has 0 bridgehead atoms. The monoisotopic (exact) mass is 241 g/mol. The van der Waals surface area contributed by atoms with Crippen molar-refractivity contribution in [3.05, 3.63) is 22.4 Å². The Labute approximate surface area is 98.3 Å². The normalized spacial score (nSPS) is 12.1. The molecule has 1 aromatic heterocycles. The van der Waals surface area contributed by atoms with Gasteiger partial charge >= 0.3 is 5.97 Å². The molecular formula is C11H15NO3S. The number of thiophene rings is 1. The van der Waals surface area contributed by atoms with Crippen LogP contribution >= 0.6 is 11.3 Å². The molecule has 0 fully saturated rings. The van der Waals surface area contributed by atoms with Crippen LogP contribution in [0, 0.1) is 0 Å². The van der Waals surface area contributed by atoms with Gasteiger partial charge in [0.05, 0.1) is 5.92 Å². The third-order valence-corrected chi connectivity index (χ3v) is 3.00. The molecule has 0 radical (unpaired) electrons. The van der Waals surface area contributed by atoms with E-state index in [1.54, 1.807) is 11.3 Å². The van der Waals surface area contributed by atoms with Crippen LogP contribution < -0.4 is 5.32 Å². The molecule has 0 spiro atoms. The number of rotatable bonds is 6. The predicted octanol–water partition coefficient (Wildman–Crippen LogP) is 1.83. The maximum absolute atomic E-state index is 11.6. The van der Waals surface area contributed by atoms with Crippen LogP contribution in [0.1, 0.15) is 31.2 Å². The fraction of sp³-hybridized carbons (Fsp3) is 0.455. The summed E-state index contributed by atoms with van der Waals surface area (Å²) in [6.45, 7) is 2.26. The standard InChI is InChI=1S/C11H15NO3S/c1-8(9-4-6-16-7-9)11(15)12-5-2-3-10(13)14/h4,6-8H,2-3,5H2,1H3,(H,12,15)(H,13,14)/t8-/m1/s1. The minimum atomic E-state index is -0.833. The SMILES string of the molecule is C[C@@H](C(=O)NCCCC(=O)O)c1ccsc1. The molecule has 0 saturated carbocycles. The summed E-state index contributed by atoms with van der Waals surface area (Å²) in [6.07, 6.45) is 0.560. The molecule has 1 atom stereocenters. The first kappa shape index (κ1) is 12.7. The molecule has 1 aromatic rings. The van der Waals surface area contributed by atoms with E-state index in [1.165, 1.54) is 0 Å². The van der Waals surface area contributed by atoms with Gasteiger partial charge in [-0.15, -0.1) is 0 Å². The van der Waals surface area contributed by atoms with Crippen molar-refractivity contribution in [1.82, 2.24) is 5.32 Å². The molecule has 0 aliphatic carbocycles. The summed E-state index contributed by atoms with van der Waals surface area (Å²) in [6, 6.07) is 1.92. The maximum atomic E-state index is 11.6. The Kier molecular flexibility index (Phi) is 4.98. The van der Waals surface area contributed by atoms with Gasteiger partial charge in [-0.1, -0.05) is 0 Å². The van der Waals surface area contributed by atoms with Crippen LogP contribution in [0.3, 0.4) is 0 Å². The molecule has 1 amide bonds. The summed E-state index contributed by atoms with van der Waals surface area (Å²) in [5.74, 6) is -1.06. The molecule has 5 heteroatoms. The Morgan fingerprint density at radius 2 is 2.31 bits per heavy atom. The molecular weight excluding hydrogens is 226 g/mol. The number of carboxylic acid groups (broad SMARTS) is 1. The minimum absolute atomic E-state index is 0.0520. The first-order valence-corrected chi connectivity index (χ1v) is 6.07. The Morgan fingerprint density at radius 1 is 1.56 bits per heavy atom. The lowest BCUT2D eigenvalue weighted by Crippen LogP contribution is -2.28. The second-order valence-electron chi connectivity index (χ2n) is 3.57. The summed E-state index contributed by atoms with van der Waals surface area (Å²) < 4.78 is 0. The summed E-state index contributed by atoms with van der Waals surface area (Å²) in [5.41, 5.74) is 1.00. The number of hydrogen-bond acceptors (Lipinski definition) is 3. The zero-order valence-electron chi connectivity index (χ0n) is 9.10. The van der Waals surface area contributed by atoms with Gasteiger partial charge in [0, 0.05) is 13.0 Å². The zero-order chi connectivity index (χ0) is 12.0. The molecule has 0 saturated heterocycles. The van der Waals surface area contributed by atoms with E-state index < -0.39 is 5.97 Å². The van der Waals surface area contributed by atoms with Gasteiger partial charge in [-0.3, -0.25) is 9.59 Å². The lowest BCUT2D eigenvalue weighted by atomic mass is 10.0. The fourth-order valence-electron chi connectivity index (χ4n) is 1.28. The maximum Gasteiger partial charge on any atom is 0.303 e. The van der Waals surface area contributed by atoms with Gasteiger partial charge in [-0.2, -0.15) is 11.3 Å². The van der Waals surface area contributed by atoms with Crippen molar-refractivity contribution >= 4 is 23.2 Å². The van der Waals surface area contributed by atoms with Crippen LogP contribution in [-0.2, 0) is 9.59 Å². The Morgan fingerprint density at radius 3 is 2.88 bits per heavy atom. The zero-order valence-corrected chi connectivity index (χ0v) is 9.92. The van der Waals surface area contributed by atoms with Crippen LogP contribution in [0.2, 0.25) is 0 Å². The molecule has 0 aliphatic rings. The van der Waals surface area contributed by atoms with Crippen LogP contribution in [0.5, 0.6) is 0 Å². The first-order valence-electron chi connectivity index (χ1n) is 5.13. The summed E-state index contributed by atoms with van der Waals surface area (Å²) in [7, 11) is 0. The van der Waals surface area contributed by atoms with Gasteiger partial charge in [-0.25, -0.2) is 0 Å². The Hall–Kier alpha value is -1.36. The van der Waals surface area contributed by atoms with E-state index >= 15 is 0 Å². The molecule has 2 N–H and O–H groups in total. The van der Waals surface area contributed by atoms with Gasteiger partial charge in [-0.05, 0) is 35.7 Å². The van der Waals surface area contributed by atoms with Crippen LogP contribution in [0.4, 0.5) is 0 Å². The largest absolute Gasteiger partial charge is 0.481 e. The van der Waals surface area contributed by atoms with Crippen molar-refractivity contribution in [1.29, 1.82) is 0 Å². The molecule has 0 aliphatic heterocycles. The topological polar surface area (TPSA) is 66.4 Å². The second-order valence-corrected chi connectivity index (χ2v) is 4.35. The summed E-state index contributed by atoms with van der Waals surface area (Å²) in [4.78, 5) is 21.9. The number of nitrogens with one attached hydrogen (secondary N) is 1. The Balaban J connectivity index is 2.27. The van der Waals surface area contributed by atoms with Crippen molar-refractivity contribution in [3.8, 4) is 0 Å². The van der Waals surface area contributed by atoms with Crippen molar-refractivity contribution in [2.75, 3.05) is 6.54 Å². The van der Waals surface area contributed by atoms with Crippen molar-refractivity contribution in [2.45, 2.75) is 25.7 Å². The first-order chi connectivity index (χ1) is 7.61. The number of carboxylic acids is 1. The molecule has 16 heavy (non-hydrogen) atoms. The number of hydrogen-bond donors (Lipinski definition) is 2. The lowest BCUT2D eigenvalue weighted by molar-refractivity contribution is -0.137. The third-order valence-electron chi connectivity index (χ3n) is 2.30. The fourth-order valence-corrected chi connectivity index (χ4v) is 2.03. The number of carbonyl (C=O) groups is 2. The van der Waals surface area contributed by atoms with Crippen molar-refractivity contribution < 1.29 is 14.7 Å². The van der Waals surface area contributed by atoms with Gasteiger partial charge in [0.1, 0.15) is 0 Å². The average molecular weight is 241 g/mol. The highest BCUT2D eigenvalue weighted by atomic mass is 32.1. The van der Waals surface area contributed by atoms with E-state index in [-0.39, 0.29) is 18.2 Å². The highest BCUT2D eigenvalue weighted by Crippen LogP contribution is 2.17. The Bertz CT molecular complexity index is 348. The number of carbonyl (C=O) groups excluding carboxylic acids is 1. The molecule has 1 rings (SSSR count). The van der Waals surface area contributed by atoms with Crippen LogP contribution in [0.15, 0.2) is 16.8 Å². The predicted molar refractivity (Wildman–Crippen MR) is 62.6 cm³/mol. The number of aliphatic carboxylic acids is 1. The third kappa shape index (κ3) is 4.02. The summed E-state index contributed by atoms with van der Waals surface area (Å²) >= 11 is 1.56. The van der Waals surface area contributed by atoms with Gasteiger partial charge in [0.2, 0.25) is 5.91 Å². The smallest absolute Gasteiger partial charge is 0.303 e. The molecule has 88 valence electrons. The van der Waals surface area contributed by atoms with E-state index in [9.17, 15) is 9.59 Å². The second kappa shape index (κ2) is 6.27. The lowest BCUT2D eigenvalue weighted by Gasteiger charge is -2.10. The molecule has 0 unspecified atom stereocenters. The van der Waals surface area contributed by atoms with E-state index in [0.29, 0.717) is 13.0 Å². The van der Waals surface area contributed by atoms with E-state index in [1.807, 2.05) is 23.8 Å². The van der Waals surface area contributed by atoms with Gasteiger partial charge in [0.25, 0.3) is 0 Å². The van der Waals surface area contributed by atoms with Crippen molar-refractivity contribution in [3.63, 3.8) is 0 Å². The summed E-state index contributed by atoms with van der Waals surface area (Å²) in [5, 5.41) is 15.0. The van der Waals surface area contributed by atoms with E-state index in [2.05, 4.69) is 5.32 Å². The molecule has 1 heterocycles. The molecule has 0 aromatic carbocycles. The highest BCUT2D eigenvalue weighted by Gasteiger charge is 2.14. The van der Waals surface area contributed by atoms with E-state index in [4.69, 9.17) is 5.11 Å². The average Bonchev–Trinajstić information content (AvgIpc) is 2.76. The quantitative estimate of drug-likeness (QED) is 0.747. The minimum Gasteiger partial charge on any atom is -0.481 e. The number of amides is 1. The van der Waals surface area contributed by atoms with Crippen molar-refractivity contribution in [2.24, 2.45) is 0 Å². The van der Waals surface area contributed by atoms with Gasteiger partial charge in [0.15, 0.2) is 0 Å². The van der Waals surface area contributed by atoms with Crippen LogP contribution in [-0.4, -0.2) is 23.5 Å². The highest BCUT2D eigenvalue weighted by molar-refractivity contribution is 7.08. The molecule has 4 nitrogen and oxygen atoms in total. The van der Waals surface area contributed by atoms with Gasteiger partial charge < -0.3 is 10.4 Å².